The number of hydrogen-bond acceptors (Lipinski definition) is 6. The molecule has 4 rings (SSSR count). The number of benzene rings is 3. The van der Waals surface area contributed by atoms with Crippen LogP contribution in [0.4, 0.5) is 11.4 Å². The molecule has 0 bridgehead atoms. The van der Waals surface area contributed by atoms with E-state index in [1.165, 1.54) is 59.9 Å². The van der Waals surface area contributed by atoms with E-state index in [1.807, 2.05) is 0 Å². The van der Waals surface area contributed by atoms with Crippen LogP contribution in [0.25, 0.3) is 0 Å². The maximum Gasteiger partial charge on any atom is 0.261 e. The Hall–Kier alpha value is -3.41. The van der Waals surface area contributed by atoms with Gasteiger partial charge in [0.2, 0.25) is 10.0 Å². The highest BCUT2D eigenvalue weighted by Gasteiger charge is 2.28. The molecule has 1 aliphatic heterocycles. The number of anilines is 2. The largest absolute Gasteiger partial charge is 0.495 e. The Bertz CT molecular complexity index is 1440. The van der Waals surface area contributed by atoms with Gasteiger partial charge in [-0.15, -0.1) is 0 Å². The zero-order valence-corrected chi connectivity index (χ0v) is 20.6. The van der Waals surface area contributed by atoms with E-state index in [4.69, 9.17) is 4.74 Å². The number of carbonyl (C=O) groups is 1. The van der Waals surface area contributed by atoms with Crippen LogP contribution in [0.1, 0.15) is 23.2 Å². The molecule has 0 saturated carbocycles. The summed E-state index contributed by atoms with van der Waals surface area (Å²) in [5.74, 6) is -0.264. The van der Waals surface area contributed by atoms with E-state index >= 15 is 0 Å². The molecule has 9 nitrogen and oxygen atoms in total. The van der Waals surface area contributed by atoms with Crippen molar-refractivity contribution in [1.29, 1.82) is 0 Å². The first-order valence-corrected chi connectivity index (χ1v) is 13.8. The van der Waals surface area contributed by atoms with Crippen LogP contribution in [0.15, 0.2) is 82.6 Å². The Kier molecular flexibility index (Phi) is 7.10. The number of amides is 1. The molecule has 35 heavy (non-hydrogen) atoms. The molecular weight excluding hydrogens is 490 g/mol. The van der Waals surface area contributed by atoms with Crippen molar-refractivity contribution < 1.29 is 26.4 Å². The highest BCUT2D eigenvalue weighted by Crippen LogP contribution is 2.30. The molecule has 0 radical (unpaired) electrons. The zero-order chi connectivity index (χ0) is 25.1. The number of sulfonamides is 2. The minimum atomic E-state index is -3.83. The second kappa shape index (κ2) is 10.1. The first-order chi connectivity index (χ1) is 16.7. The third-order valence-electron chi connectivity index (χ3n) is 5.55. The maximum absolute atomic E-state index is 13.0. The fourth-order valence-corrected chi connectivity index (χ4v) is 6.37. The van der Waals surface area contributed by atoms with Gasteiger partial charge in [-0.2, -0.15) is 4.31 Å². The van der Waals surface area contributed by atoms with Crippen molar-refractivity contribution in [1.82, 2.24) is 4.31 Å². The molecule has 11 heteroatoms. The zero-order valence-electron chi connectivity index (χ0n) is 19.0. The molecule has 184 valence electrons. The third-order valence-corrected chi connectivity index (χ3v) is 8.84. The summed E-state index contributed by atoms with van der Waals surface area (Å²) in [7, 11) is -6.10. The Morgan fingerprint density at radius 3 is 2.26 bits per heavy atom. The second-order valence-electron chi connectivity index (χ2n) is 7.93. The van der Waals surface area contributed by atoms with Crippen molar-refractivity contribution in [3.05, 3.63) is 78.4 Å². The Morgan fingerprint density at radius 2 is 1.57 bits per heavy atom. The predicted octanol–water partition coefficient (Wildman–Crippen LogP) is 3.53. The lowest BCUT2D eigenvalue weighted by molar-refractivity contribution is 0.102. The van der Waals surface area contributed by atoms with Gasteiger partial charge in [0, 0.05) is 24.3 Å². The molecule has 0 spiro atoms. The smallest absolute Gasteiger partial charge is 0.261 e. The summed E-state index contributed by atoms with van der Waals surface area (Å²) in [5.41, 5.74) is 0.569. The van der Waals surface area contributed by atoms with Gasteiger partial charge in [-0.25, -0.2) is 16.8 Å². The molecule has 0 unspecified atom stereocenters. The molecule has 1 amide bonds. The van der Waals surface area contributed by atoms with Crippen molar-refractivity contribution in [3.8, 4) is 5.75 Å². The molecule has 1 aliphatic rings. The molecule has 3 aromatic carbocycles. The van der Waals surface area contributed by atoms with Gasteiger partial charge in [0.05, 0.1) is 22.6 Å². The fourth-order valence-electron chi connectivity index (χ4n) is 3.75. The minimum Gasteiger partial charge on any atom is -0.495 e. The molecule has 1 heterocycles. The van der Waals surface area contributed by atoms with E-state index in [0.29, 0.717) is 18.8 Å². The quantitative estimate of drug-likeness (QED) is 0.473. The van der Waals surface area contributed by atoms with Crippen molar-refractivity contribution in [2.24, 2.45) is 0 Å². The van der Waals surface area contributed by atoms with Crippen LogP contribution in [0, 0.1) is 0 Å². The van der Waals surface area contributed by atoms with Gasteiger partial charge in [-0.1, -0.05) is 24.3 Å². The molecule has 1 fully saturated rings. The van der Waals surface area contributed by atoms with E-state index in [9.17, 15) is 21.6 Å². The molecule has 2 N–H and O–H groups in total. The van der Waals surface area contributed by atoms with Gasteiger partial charge >= 0.3 is 0 Å². The number of ether oxygens (including phenoxy) is 1. The average Bonchev–Trinajstić information content (AvgIpc) is 3.40. The molecule has 0 aromatic heterocycles. The highest BCUT2D eigenvalue weighted by atomic mass is 32.2. The van der Waals surface area contributed by atoms with Gasteiger partial charge in [0.1, 0.15) is 5.75 Å². The summed E-state index contributed by atoms with van der Waals surface area (Å²) in [6.07, 6.45) is 1.62. The first kappa shape index (κ1) is 24.7. The van der Waals surface area contributed by atoms with Gasteiger partial charge in [-0.05, 0) is 61.4 Å². The van der Waals surface area contributed by atoms with Crippen LogP contribution in [-0.2, 0) is 20.0 Å². The van der Waals surface area contributed by atoms with E-state index in [-0.39, 0.29) is 26.7 Å². The summed E-state index contributed by atoms with van der Waals surface area (Å²) < 4.78 is 60.3. The number of rotatable bonds is 8. The van der Waals surface area contributed by atoms with Crippen LogP contribution in [0.5, 0.6) is 5.75 Å². The van der Waals surface area contributed by atoms with E-state index in [1.54, 1.807) is 24.3 Å². The molecule has 3 aromatic rings. The van der Waals surface area contributed by atoms with E-state index < -0.39 is 26.0 Å². The second-order valence-corrected chi connectivity index (χ2v) is 11.5. The van der Waals surface area contributed by atoms with E-state index in [2.05, 4.69) is 10.0 Å². The summed E-state index contributed by atoms with van der Waals surface area (Å²) in [5, 5.41) is 2.68. The minimum absolute atomic E-state index is 0.0554. The Balaban J connectivity index is 1.57. The summed E-state index contributed by atoms with van der Waals surface area (Å²) >= 11 is 0. The van der Waals surface area contributed by atoms with Crippen molar-refractivity contribution >= 4 is 37.3 Å². The number of carbonyl (C=O) groups excluding carboxylic acids is 1. The van der Waals surface area contributed by atoms with Crippen LogP contribution >= 0.6 is 0 Å². The van der Waals surface area contributed by atoms with E-state index in [0.717, 1.165) is 12.8 Å². The molecule has 0 aliphatic carbocycles. The normalized spacial score (nSPS) is 14.4. The van der Waals surface area contributed by atoms with Crippen molar-refractivity contribution in [2.45, 2.75) is 22.6 Å². The fraction of sp³-hybridized carbons (Fsp3) is 0.208. The first-order valence-electron chi connectivity index (χ1n) is 10.9. The lowest BCUT2D eigenvalue weighted by Crippen LogP contribution is -2.28. The summed E-state index contributed by atoms with van der Waals surface area (Å²) in [6, 6.07) is 18.2. The Morgan fingerprint density at radius 1 is 0.857 bits per heavy atom. The number of nitrogens with one attached hydrogen (secondary N) is 2. The highest BCUT2D eigenvalue weighted by molar-refractivity contribution is 7.92. The Labute approximate surface area is 204 Å². The molecular formula is C24H25N3O6S2. The van der Waals surface area contributed by atoms with Gasteiger partial charge < -0.3 is 10.1 Å². The van der Waals surface area contributed by atoms with Crippen LogP contribution in [0.2, 0.25) is 0 Å². The molecule has 0 atom stereocenters. The lowest BCUT2D eigenvalue weighted by atomic mass is 10.2. The number of methoxy groups -OCH3 is 1. The van der Waals surface area contributed by atoms with Gasteiger partial charge in [0.25, 0.3) is 15.9 Å². The SMILES string of the molecule is COc1ccc(S(=O)(=O)N2CCCC2)cc1NC(=O)c1cccc(NS(=O)(=O)c2ccccc2)c1. The van der Waals surface area contributed by atoms with Crippen LogP contribution in [-0.4, -0.2) is 47.2 Å². The van der Waals surface area contributed by atoms with Crippen molar-refractivity contribution in [2.75, 3.05) is 30.2 Å². The maximum atomic E-state index is 13.0. The third kappa shape index (κ3) is 5.47. The monoisotopic (exact) mass is 515 g/mol. The van der Waals surface area contributed by atoms with Gasteiger partial charge in [0.15, 0.2) is 0 Å². The lowest BCUT2D eigenvalue weighted by Gasteiger charge is -2.17. The molecule has 1 saturated heterocycles. The average molecular weight is 516 g/mol. The topological polar surface area (TPSA) is 122 Å². The van der Waals surface area contributed by atoms with Crippen LogP contribution in [0.3, 0.4) is 0 Å². The van der Waals surface area contributed by atoms with Crippen molar-refractivity contribution in [3.63, 3.8) is 0 Å². The summed E-state index contributed by atoms with van der Waals surface area (Å²) in [6.45, 7) is 0.920. The standard InChI is InChI=1S/C24H25N3O6S2/c1-33-23-13-12-21(35(31,32)27-14-5-6-15-27)17-22(23)25-24(28)18-8-7-9-19(16-18)26-34(29,30)20-10-3-2-4-11-20/h2-4,7-13,16-17,26H,5-6,14-15H2,1H3,(H,25,28). The van der Waals surface area contributed by atoms with Crippen LogP contribution < -0.4 is 14.8 Å². The van der Waals surface area contributed by atoms with Gasteiger partial charge in [-0.3, -0.25) is 9.52 Å². The summed E-state index contributed by atoms with van der Waals surface area (Å²) in [4.78, 5) is 13.1. The number of hydrogen-bond donors (Lipinski definition) is 2. The number of nitrogens with zero attached hydrogens (tertiary/aromatic N) is 1. The predicted molar refractivity (Wildman–Crippen MR) is 133 cm³/mol.